The maximum Gasteiger partial charge on any atom is 0.238 e. The van der Waals surface area contributed by atoms with Gasteiger partial charge in [0.15, 0.2) is 0 Å². The number of carbonyl (C=O) groups is 1. The molecule has 20 heavy (non-hydrogen) atoms. The Morgan fingerprint density at radius 1 is 1.20 bits per heavy atom. The molecule has 1 saturated carbocycles. The summed E-state index contributed by atoms with van der Waals surface area (Å²) in [6.07, 6.45) is 7.55. The lowest BCUT2D eigenvalue weighted by molar-refractivity contribution is -0.115. The number of para-hydroxylation sites is 2. The van der Waals surface area contributed by atoms with Gasteiger partial charge in [-0.3, -0.25) is 4.79 Å². The quantitative estimate of drug-likeness (QED) is 0.813. The number of hydrogen-bond acceptors (Lipinski definition) is 3. The first-order valence-corrected chi connectivity index (χ1v) is 7.46. The molecule has 110 valence electrons. The van der Waals surface area contributed by atoms with E-state index in [0.29, 0.717) is 18.3 Å². The van der Waals surface area contributed by atoms with E-state index in [-0.39, 0.29) is 5.91 Å². The summed E-state index contributed by atoms with van der Waals surface area (Å²) in [5.74, 6) is 0.675. The SMILES string of the molecule is COc1ccccc1NC(=O)CNC1CCCCCC1. The van der Waals surface area contributed by atoms with E-state index in [1.54, 1.807) is 7.11 Å². The zero-order valence-corrected chi connectivity index (χ0v) is 12.2. The van der Waals surface area contributed by atoms with Gasteiger partial charge >= 0.3 is 0 Å². The number of rotatable bonds is 5. The van der Waals surface area contributed by atoms with Crippen molar-refractivity contribution in [2.24, 2.45) is 0 Å². The standard InChI is InChI=1S/C16H24N2O2/c1-20-15-11-7-6-10-14(15)18-16(19)12-17-13-8-4-2-3-5-9-13/h6-7,10-11,13,17H,2-5,8-9,12H2,1H3,(H,18,19). The molecule has 1 aromatic rings. The molecule has 1 amide bonds. The zero-order valence-electron chi connectivity index (χ0n) is 12.2. The van der Waals surface area contributed by atoms with Crippen LogP contribution in [0.15, 0.2) is 24.3 Å². The summed E-state index contributed by atoms with van der Waals surface area (Å²) in [6, 6.07) is 7.95. The highest BCUT2D eigenvalue weighted by Gasteiger charge is 2.13. The average Bonchev–Trinajstić information content (AvgIpc) is 2.74. The van der Waals surface area contributed by atoms with Crippen molar-refractivity contribution < 1.29 is 9.53 Å². The molecule has 1 aliphatic carbocycles. The van der Waals surface area contributed by atoms with E-state index in [4.69, 9.17) is 4.74 Å². The van der Waals surface area contributed by atoms with Crippen LogP contribution in [0.2, 0.25) is 0 Å². The minimum atomic E-state index is -0.0150. The van der Waals surface area contributed by atoms with E-state index in [9.17, 15) is 4.79 Å². The Bertz CT molecular complexity index is 426. The van der Waals surface area contributed by atoms with Crippen molar-refractivity contribution in [3.05, 3.63) is 24.3 Å². The first kappa shape index (κ1) is 14.9. The molecule has 0 aromatic heterocycles. The molecule has 1 aliphatic rings. The van der Waals surface area contributed by atoms with Crippen LogP contribution >= 0.6 is 0 Å². The van der Waals surface area contributed by atoms with Gasteiger partial charge in [0.1, 0.15) is 5.75 Å². The van der Waals surface area contributed by atoms with Crippen LogP contribution in [0.4, 0.5) is 5.69 Å². The maximum atomic E-state index is 12.0. The number of ether oxygens (including phenoxy) is 1. The van der Waals surface area contributed by atoms with Crippen molar-refractivity contribution in [2.45, 2.75) is 44.6 Å². The second-order valence-corrected chi connectivity index (χ2v) is 5.32. The fourth-order valence-corrected chi connectivity index (χ4v) is 2.66. The van der Waals surface area contributed by atoms with Gasteiger partial charge in [-0.05, 0) is 25.0 Å². The molecule has 1 fully saturated rings. The van der Waals surface area contributed by atoms with E-state index in [1.165, 1.54) is 38.5 Å². The number of carbonyl (C=O) groups excluding carboxylic acids is 1. The Hall–Kier alpha value is -1.55. The molecule has 0 atom stereocenters. The van der Waals surface area contributed by atoms with Gasteiger partial charge in [0.05, 0.1) is 19.3 Å². The summed E-state index contributed by atoms with van der Waals surface area (Å²) in [6.45, 7) is 0.364. The van der Waals surface area contributed by atoms with Crippen molar-refractivity contribution in [1.82, 2.24) is 5.32 Å². The van der Waals surface area contributed by atoms with E-state index in [0.717, 1.165) is 5.69 Å². The highest BCUT2D eigenvalue weighted by Crippen LogP contribution is 2.22. The molecule has 2 N–H and O–H groups in total. The average molecular weight is 276 g/mol. The zero-order chi connectivity index (χ0) is 14.2. The van der Waals surface area contributed by atoms with Crippen molar-refractivity contribution in [1.29, 1.82) is 0 Å². The lowest BCUT2D eigenvalue weighted by atomic mass is 10.1. The molecule has 0 radical (unpaired) electrons. The van der Waals surface area contributed by atoms with E-state index < -0.39 is 0 Å². The third kappa shape index (κ3) is 4.53. The van der Waals surface area contributed by atoms with Gasteiger partial charge in [-0.2, -0.15) is 0 Å². The van der Waals surface area contributed by atoms with Crippen LogP contribution in [0, 0.1) is 0 Å². The van der Waals surface area contributed by atoms with Crippen LogP contribution < -0.4 is 15.4 Å². The van der Waals surface area contributed by atoms with Crippen molar-refractivity contribution in [2.75, 3.05) is 19.0 Å². The van der Waals surface area contributed by atoms with Gasteiger partial charge in [-0.25, -0.2) is 0 Å². The number of anilines is 1. The van der Waals surface area contributed by atoms with E-state index in [2.05, 4.69) is 10.6 Å². The minimum absolute atomic E-state index is 0.0150. The molecule has 2 rings (SSSR count). The van der Waals surface area contributed by atoms with Gasteiger partial charge < -0.3 is 15.4 Å². The third-order valence-corrected chi connectivity index (χ3v) is 3.79. The van der Waals surface area contributed by atoms with Crippen LogP contribution in [0.1, 0.15) is 38.5 Å². The van der Waals surface area contributed by atoms with E-state index in [1.807, 2.05) is 24.3 Å². The van der Waals surface area contributed by atoms with Crippen LogP contribution in [0.5, 0.6) is 5.75 Å². The third-order valence-electron chi connectivity index (χ3n) is 3.79. The van der Waals surface area contributed by atoms with Crippen molar-refractivity contribution >= 4 is 11.6 Å². The number of amides is 1. The Morgan fingerprint density at radius 2 is 1.90 bits per heavy atom. The van der Waals surface area contributed by atoms with Crippen molar-refractivity contribution in [3.63, 3.8) is 0 Å². The fraction of sp³-hybridized carbons (Fsp3) is 0.562. The molecule has 4 heteroatoms. The molecule has 0 unspecified atom stereocenters. The monoisotopic (exact) mass is 276 g/mol. The first-order valence-electron chi connectivity index (χ1n) is 7.46. The predicted molar refractivity (Wildman–Crippen MR) is 81.1 cm³/mol. The minimum Gasteiger partial charge on any atom is -0.495 e. The summed E-state index contributed by atoms with van der Waals surface area (Å²) in [5.41, 5.74) is 0.725. The fourth-order valence-electron chi connectivity index (χ4n) is 2.66. The highest BCUT2D eigenvalue weighted by atomic mass is 16.5. The largest absolute Gasteiger partial charge is 0.495 e. The number of nitrogens with one attached hydrogen (secondary N) is 2. The molecule has 1 aromatic carbocycles. The van der Waals surface area contributed by atoms with Crippen LogP contribution in [0.3, 0.4) is 0 Å². The molecule has 0 saturated heterocycles. The molecule has 0 spiro atoms. The smallest absolute Gasteiger partial charge is 0.238 e. The van der Waals surface area contributed by atoms with E-state index >= 15 is 0 Å². The first-order chi connectivity index (χ1) is 9.79. The molecule has 4 nitrogen and oxygen atoms in total. The van der Waals surface area contributed by atoms with Crippen molar-refractivity contribution in [3.8, 4) is 5.75 Å². The molecule has 0 heterocycles. The Morgan fingerprint density at radius 3 is 2.60 bits per heavy atom. The molecule has 0 aliphatic heterocycles. The van der Waals surface area contributed by atoms with Gasteiger partial charge in [0.25, 0.3) is 0 Å². The summed E-state index contributed by atoms with van der Waals surface area (Å²) in [5, 5.41) is 6.26. The lowest BCUT2D eigenvalue weighted by Crippen LogP contribution is -2.35. The molecular weight excluding hydrogens is 252 g/mol. The topological polar surface area (TPSA) is 50.4 Å². The number of hydrogen-bond donors (Lipinski definition) is 2. The summed E-state index contributed by atoms with van der Waals surface area (Å²) < 4.78 is 5.22. The van der Waals surface area contributed by atoms with Crippen LogP contribution in [-0.2, 0) is 4.79 Å². The van der Waals surface area contributed by atoms with Gasteiger partial charge in [0, 0.05) is 6.04 Å². The van der Waals surface area contributed by atoms with Gasteiger partial charge in [-0.15, -0.1) is 0 Å². The summed E-state index contributed by atoms with van der Waals surface area (Å²) in [4.78, 5) is 12.0. The highest BCUT2D eigenvalue weighted by molar-refractivity contribution is 5.93. The second kappa shape index (κ2) is 7.90. The lowest BCUT2D eigenvalue weighted by Gasteiger charge is -2.16. The molecular formula is C16H24N2O2. The van der Waals surface area contributed by atoms with Gasteiger partial charge in [0.2, 0.25) is 5.91 Å². The second-order valence-electron chi connectivity index (χ2n) is 5.32. The van der Waals surface area contributed by atoms with Gasteiger partial charge in [-0.1, -0.05) is 37.8 Å². The normalized spacial score (nSPS) is 16.4. The Labute approximate surface area is 120 Å². The van der Waals surface area contributed by atoms with Crippen LogP contribution in [0.25, 0.3) is 0 Å². The Kier molecular flexibility index (Phi) is 5.87. The Balaban J connectivity index is 1.80. The molecule has 0 bridgehead atoms. The van der Waals surface area contributed by atoms with Crippen LogP contribution in [-0.4, -0.2) is 25.6 Å². The predicted octanol–water partition coefficient (Wildman–Crippen LogP) is 2.95. The number of methoxy groups -OCH3 is 1. The summed E-state index contributed by atoms with van der Waals surface area (Å²) >= 11 is 0. The maximum absolute atomic E-state index is 12.0. The summed E-state index contributed by atoms with van der Waals surface area (Å²) in [7, 11) is 1.61. The number of benzene rings is 1.